The molecular weight excluding hydrogens is 356 g/mol. The van der Waals surface area contributed by atoms with E-state index in [4.69, 9.17) is 26.9 Å². The lowest BCUT2D eigenvalue weighted by Gasteiger charge is -2.19. The van der Waals surface area contributed by atoms with E-state index < -0.39 is 0 Å². The van der Waals surface area contributed by atoms with Gasteiger partial charge in [0.2, 0.25) is 0 Å². The highest BCUT2D eigenvalue weighted by Crippen LogP contribution is 2.33. The third kappa shape index (κ3) is 3.49. The SMILES string of the molecule is COc1cc(C(NN)c2ccc(OC)c(Br)c2)ccc1Cl. The van der Waals surface area contributed by atoms with Crippen LogP contribution in [0.3, 0.4) is 0 Å². The first-order valence-corrected chi connectivity index (χ1v) is 7.40. The van der Waals surface area contributed by atoms with Crippen molar-refractivity contribution in [3.05, 3.63) is 57.0 Å². The minimum absolute atomic E-state index is 0.182. The Hall–Kier alpha value is -1.27. The molecule has 1 atom stereocenters. The zero-order valence-electron chi connectivity index (χ0n) is 11.7. The summed E-state index contributed by atoms with van der Waals surface area (Å²) in [4.78, 5) is 0. The van der Waals surface area contributed by atoms with Crippen LogP contribution >= 0.6 is 27.5 Å². The van der Waals surface area contributed by atoms with Gasteiger partial charge in [-0.3, -0.25) is 5.84 Å². The van der Waals surface area contributed by atoms with Crippen LogP contribution in [0, 0.1) is 0 Å². The summed E-state index contributed by atoms with van der Waals surface area (Å²) in [6, 6.07) is 11.2. The molecule has 0 saturated heterocycles. The van der Waals surface area contributed by atoms with Crippen LogP contribution in [0.25, 0.3) is 0 Å². The van der Waals surface area contributed by atoms with Gasteiger partial charge in [-0.2, -0.15) is 0 Å². The Morgan fingerprint density at radius 1 is 1.05 bits per heavy atom. The number of halogens is 2. The summed E-state index contributed by atoms with van der Waals surface area (Å²) in [6.07, 6.45) is 0. The van der Waals surface area contributed by atoms with E-state index in [1.54, 1.807) is 20.3 Å². The predicted octanol–water partition coefficient (Wildman–Crippen LogP) is 3.67. The van der Waals surface area contributed by atoms with Crippen molar-refractivity contribution in [1.29, 1.82) is 0 Å². The minimum atomic E-state index is -0.182. The second kappa shape index (κ2) is 7.13. The molecule has 4 nitrogen and oxygen atoms in total. The smallest absolute Gasteiger partial charge is 0.137 e. The molecule has 0 aliphatic carbocycles. The Bertz CT molecular complexity index is 637. The van der Waals surface area contributed by atoms with Gasteiger partial charge in [0, 0.05) is 0 Å². The van der Waals surface area contributed by atoms with Crippen LogP contribution in [0.4, 0.5) is 0 Å². The Kier molecular flexibility index (Phi) is 5.47. The summed E-state index contributed by atoms with van der Waals surface area (Å²) in [5.74, 6) is 7.10. The molecule has 0 heterocycles. The van der Waals surface area contributed by atoms with Crippen LogP contribution in [0.15, 0.2) is 40.9 Å². The molecule has 0 saturated carbocycles. The highest BCUT2D eigenvalue weighted by atomic mass is 79.9. The molecular formula is C15H16BrClN2O2. The van der Waals surface area contributed by atoms with Crippen molar-refractivity contribution in [2.75, 3.05) is 14.2 Å². The van der Waals surface area contributed by atoms with Gasteiger partial charge in [0.25, 0.3) is 0 Å². The summed E-state index contributed by atoms with van der Waals surface area (Å²) in [5, 5.41) is 0.563. The monoisotopic (exact) mass is 370 g/mol. The van der Waals surface area contributed by atoms with E-state index >= 15 is 0 Å². The van der Waals surface area contributed by atoms with E-state index in [1.165, 1.54) is 0 Å². The van der Waals surface area contributed by atoms with Crippen molar-refractivity contribution in [3.63, 3.8) is 0 Å². The van der Waals surface area contributed by atoms with Crippen LogP contribution in [0.2, 0.25) is 5.02 Å². The standard InChI is InChI=1S/C15H16BrClN2O2/c1-20-13-6-4-9(7-11(13)16)15(19-18)10-3-5-12(17)14(8-10)21-2/h3-8,15,19H,18H2,1-2H3. The number of benzene rings is 2. The fraction of sp³-hybridized carbons (Fsp3) is 0.200. The fourth-order valence-corrected chi connectivity index (χ4v) is 2.86. The lowest BCUT2D eigenvalue weighted by atomic mass is 9.99. The second-order valence-corrected chi connectivity index (χ2v) is 5.65. The van der Waals surface area contributed by atoms with Crippen molar-refractivity contribution in [2.24, 2.45) is 5.84 Å². The summed E-state index contributed by atoms with van der Waals surface area (Å²) in [7, 11) is 3.21. The van der Waals surface area contributed by atoms with E-state index in [0.29, 0.717) is 10.8 Å². The maximum Gasteiger partial charge on any atom is 0.137 e. The van der Waals surface area contributed by atoms with Crippen LogP contribution in [0.1, 0.15) is 17.2 Å². The van der Waals surface area contributed by atoms with E-state index in [9.17, 15) is 0 Å². The van der Waals surface area contributed by atoms with E-state index in [-0.39, 0.29) is 6.04 Å². The van der Waals surface area contributed by atoms with Crippen molar-refractivity contribution in [2.45, 2.75) is 6.04 Å². The normalized spacial score (nSPS) is 12.0. The zero-order chi connectivity index (χ0) is 15.4. The van der Waals surface area contributed by atoms with E-state index in [1.807, 2.05) is 30.3 Å². The predicted molar refractivity (Wildman–Crippen MR) is 87.9 cm³/mol. The third-order valence-corrected chi connectivity index (χ3v) is 4.12. The molecule has 2 aromatic rings. The first-order chi connectivity index (χ1) is 10.1. The van der Waals surface area contributed by atoms with Gasteiger partial charge in [-0.05, 0) is 51.3 Å². The molecule has 0 aliphatic rings. The van der Waals surface area contributed by atoms with Gasteiger partial charge in [-0.25, -0.2) is 5.43 Å². The van der Waals surface area contributed by atoms with E-state index in [0.717, 1.165) is 21.3 Å². The van der Waals surface area contributed by atoms with Gasteiger partial charge in [0.15, 0.2) is 0 Å². The number of hydrogen-bond donors (Lipinski definition) is 2. The first kappa shape index (κ1) is 16.1. The van der Waals surface area contributed by atoms with E-state index in [2.05, 4.69) is 21.4 Å². The lowest BCUT2D eigenvalue weighted by Crippen LogP contribution is -2.28. The average Bonchev–Trinajstić information content (AvgIpc) is 2.49. The van der Waals surface area contributed by atoms with Crippen LogP contribution in [0.5, 0.6) is 11.5 Å². The molecule has 112 valence electrons. The number of rotatable bonds is 5. The minimum Gasteiger partial charge on any atom is -0.496 e. The molecule has 0 fully saturated rings. The summed E-state index contributed by atoms with van der Waals surface area (Å²) in [6.45, 7) is 0. The van der Waals surface area contributed by atoms with Gasteiger partial charge < -0.3 is 9.47 Å². The highest BCUT2D eigenvalue weighted by molar-refractivity contribution is 9.10. The molecule has 1 unspecified atom stereocenters. The molecule has 3 N–H and O–H groups in total. The van der Waals surface area contributed by atoms with Crippen LogP contribution in [-0.2, 0) is 0 Å². The van der Waals surface area contributed by atoms with Gasteiger partial charge in [0.05, 0.1) is 29.8 Å². The topological polar surface area (TPSA) is 56.5 Å². The second-order valence-electron chi connectivity index (χ2n) is 4.39. The number of nitrogens with one attached hydrogen (secondary N) is 1. The molecule has 0 aromatic heterocycles. The molecule has 0 amide bonds. The maximum atomic E-state index is 6.05. The highest BCUT2D eigenvalue weighted by Gasteiger charge is 2.16. The van der Waals surface area contributed by atoms with Crippen molar-refractivity contribution >= 4 is 27.5 Å². The molecule has 6 heteroatoms. The number of methoxy groups -OCH3 is 2. The summed E-state index contributed by atoms with van der Waals surface area (Å²) < 4.78 is 11.3. The average molecular weight is 372 g/mol. The Balaban J connectivity index is 2.41. The molecule has 2 rings (SSSR count). The molecule has 0 aliphatic heterocycles. The quantitative estimate of drug-likeness (QED) is 0.622. The fourth-order valence-electron chi connectivity index (χ4n) is 2.10. The number of hydrazine groups is 1. The van der Waals surface area contributed by atoms with Crippen molar-refractivity contribution < 1.29 is 9.47 Å². The molecule has 0 bridgehead atoms. The van der Waals surface area contributed by atoms with Gasteiger partial charge in [-0.1, -0.05) is 23.7 Å². The molecule has 21 heavy (non-hydrogen) atoms. The van der Waals surface area contributed by atoms with Crippen molar-refractivity contribution in [3.8, 4) is 11.5 Å². The summed E-state index contributed by atoms with van der Waals surface area (Å²) >= 11 is 9.53. The Morgan fingerprint density at radius 2 is 1.67 bits per heavy atom. The molecule has 2 aromatic carbocycles. The number of hydrogen-bond acceptors (Lipinski definition) is 4. The maximum absolute atomic E-state index is 6.05. The van der Waals surface area contributed by atoms with Gasteiger partial charge >= 0.3 is 0 Å². The largest absolute Gasteiger partial charge is 0.496 e. The Labute approximate surface area is 137 Å². The van der Waals surface area contributed by atoms with Gasteiger partial charge in [-0.15, -0.1) is 0 Å². The number of ether oxygens (including phenoxy) is 2. The lowest BCUT2D eigenvalue weighted by molar-refractivity contribution is 0.411. The molecule has 0 spiro atoms. The Morgan fingerprint density at radius 3 is 2.24 bits per heavy atom. The zero-order valence-corrected chi connectivity index (χ0v) is 14.0. The van der Waals surface area contributed by atoms with Crippen molar-refractivity contribution in [1.82, 2.24) is 5.43 Å². The summed E-state index contributed by atoms with van der Waals surface area (Å²) in [5.41, 5.74) is 4.76. The molecule has 0 radical (unpaired) electrons. The first-order valence-electron chi connectivity index (χ1n) is 6.23. The van der Waals surface area contributed by atoms with Crippen LogP contribution in [-0.4, -0.2) is 14.2 Å². The van der Waals surface area contributed by atoms with Gasteiger partial charge in [0.1, 0.15) is 11.5 Å². The van der Waals surface area contributed by atoms with Crippen LogP contribution < -0.4 is 20.7 Å². The number of nitrogens with two attached hydrogens (primary N) is 1. The third-order valence-electron chi connectivity index (χ3n) is 3.18.